The number of aromatic nitrogens is 1. The van der Waals surface area contributed by atoms with Gasteiger partial charge in [0.1, 0.15) is 0 Å². The molecule has 1 aliphatic carbocycles. The zero-order chi connectivity index (χ0) is 30.8. The van der Waals surface area contributed by atoms with Gasteiger partial charge in [-0.1, -0.05) is 50.6 Å². The number of rotatable bonds is 7. The van der Waals surface area contributed by atoms with Crippen molar-refractivity contribution in [1.29, 1.82) is 0 Å². The van der Waals surface area contributed by atoms with E-state index in [2.05, 4.69) is 48.4 Å². The zero-order valence-electron chi connectivity index (χ0n) is 26.2. The molecule has 3 aromatic rings. The van der Waals surface area contributed by atoms with Gasteiger partial charge in [-0.2, -0.15) is 0 Å². The van der Waals surface area contributed by atoms with Gasteiger partial charge in [-0.05, 0) is 91.8 Å². The largest absolute Gasteiger partial charge is 0.369 e. The molecule has 230 valence electrons. The monoisotopic (exact) mass is 592 g/mol. The number of allylic oxidation sites excluding steroid dienone is 1. The van der Waals surface area contributed by atoms with E-state index in [1.165, 1.54) is 18.4 Å². The third-order valence-corrected chi connectivity index (χ3v) is 9.46. The highest BCUT2D eigenvalue weighted by Gasteiger charge is 2.35. The Labute approximate surface area is 260 Å². The summed E-state index contributed by atoms with van der Waals surface area (Å²) in [6.45, 7) is 9.27. The van der Waals surface area contributed by atoms with Gasteiger partial charge >= 0.3 is 0 Å². The second-order valence-electron chi connectivity index (χ2n) is 13.7. The predicted molar refractivity (Wildman–Crippen MR) is 177 cm³/mol. The van der Waals surface area contributed by atoms with Crippen molar-refractivity contribution in [1.82, 2.24) is 9.88 Å². The van der Waals surface area contributed by atoms with Gasteiger partial charge < -0.3 is 20.1 Å². The average molecular weight is 593 g/mol. The Bertz CT molecular complexity index is 1630. The Morgan fingerprint density at radius 2 is 1.70 bits per heavy atom. The number of hydrogen-bond acceptors (Lipinski definition) is 4. The van der Waals surface area contributed by atoms with E-state index in [9.17, 15) is 14.4 Å². The molecular formula is C37H44N4O3. The van der Waals surface area contributed by atoms with Crippen LogP contribution >= 0.6 is 0 Å². The van der Waals surface area contributed by atoms with Crippen molar-refractivity contribution in [3.05, 3.63) is 105 Å². The maximum atomic E-state index is 13.6. The van der Waals surface area contributed by atoms with Gasteiger partial charge in [0.05, 0.1) is 11.4 Å². The van der Waals surface area contributed by atoms with Crippen molar-refractivity contribution in [3.63, 3.8) is 0 Å². The van der Waals surface area contributed by atoms with Crippen LogP contribution in [0.25, 0.3) is 0 Å². The van der Waals surface area contributed by atoms with Crippen LogP contribution in [0.3, 0.4) is 0 Å². The van der Waals surface area contributed by atoms with Gasteiger partial charge in [0.2, 0.25) is 0 Å². The summed E-state index contributed by atoms with van der Waals surface area (Å²) < 4.78 is 1.93. The molecule has 6 rings (SSSR count). The molecule has 7 nitrogen and oxygen atoms in total. The molecule has 2 aliphatic heterocycles. The summed E-state index contributed by atoms with van der Waals surface area (Å²) in [5, 5.41) is 6.24. The highest BCUT2D eigenvalue weighted by Crippen LogP contribution is 2.39. The molecule has 3 heterocycles. The van der Waals surface area contributed by atoms with Crippen LogP contribution in [0.15, 0.2) is 77.1 Å². The van der Waals surface area contributed by atoms with Crippen LogP contribution in [-0.4, -0.2) is 36.0 Å². The molecule has 7 heteroatoms. The van der Waals surface area contributed by atoms with Crippen molar-refractivity contribution in [2.24, 2.45) is 5.92 Å². The first kappa shape index (κ1) is 29.9. The number of nitrogens with zero attached hydrogens (tertiary/aromatic N) is 2. The van der Waals surface area contributed by atoms with Gasteiger partial charge in [-0.25, -0.2) is 0 Å². The number of pyridine rings is 1. The number of nitrogens with one attached hydrogen (secondary N) is 2. The molecule has 2 aromatic carbocycles. The van der Waals surface area contributed by atoms with Crippen LogP contribution < -0.4 is 21.1 Å². The maximum Gasteiger partial charge on any atom is 0.255 e. The molecule has 3 aliphatic rings. The number of anilines is 2. The molecular weight excluding hydrogens is 548 g/mol. The van der Waals surface area contributed by atoms with Gasteiger partial charge in [0, 0.05) is 55.0 Å². The summed E-state index contributed by atoms with van der Waals surface area (Å²) in [6.07, 6.45) is 8.96. The van der Waals surface area contributed by atoms with Crippen LogP contribution in [0.1, 0.15) is 97.2 Å². The second kappa shape index (κ2) is 12.5. The fourth-order valence-electron chi connectivity index (χ4n) is 7.03. The topological polar surface area (TPSA) is 83.4 Å². The first-order valence-corrected chi connectivity index (χ1v) is 16.1. The van der Waals surface area contributed by atoms with E-state index in [0.717, 1.165) is 55.7 Å². The minimum Gasteiger partial charge on any atom is -0.369 e. The van der Waals surface area contributed by atoms with Gasteiger partial charge in [0.25, 0.3) is 17.4 Å². The SMILES string of the molecule is CC(C)(C)c1ccc(C(=O)Nc2cc(C(=O)NCCC3=CCCCC3)ccc2N2C[C@H]3C[C@@H](C2)c2cccc(=O)n2C3)cc1. The van der Waals surface area contributed by atoms with E-state index in [1.807, 2.05) is 53.1 Å². The number of amides is 2. The fraction of sp³-hybridized carbons (Fsp3) is 0.432. The number of piperidine rings is 1. The quantitative estimate of drug-likeness (QED) is 0.301. The van der Waals surface area contributed by atoms with E-state index in [4.69, 9.17) is 0 Å². The molecule has 2 atom stereocenters. The van der Waals surface area contributed by atoms with Gasteiger partial charge in [-0.3, -0.25) is 14.4 Å². The molecule has 0 unspecified atom stereocenters. The lowest BCUT2D eigenvalue weighted by Gasteiger charge is -2.44. The average Bonchev–Trinajstić information content (AvgIpc) is 3.01. The van der Waals surface area contributed by atoms with Gasteiger partial charge in [-0.15, -0.1) is 0 Å². The Morgan fingerprint density at radius 3 is 2.45 bits per heavy atom. The van der Waals surface area contributed by atoms with E-state index in [0.29, 0.717) is 35.8 Å². The molecule has 0 saturated carbocycles. The zero-order valence-corrected chi connectivity index (χ0v) is 26.2. The number of benzene rings is 2. The van der Waals surface area contributed by atoms with Crippen molar-refractivity contribution >= 4 is 23.2 Å². The molecule has 2 amide bonds. The standard InChI is InChI=1S/C37H44N4O3/c1-37(2,3)30-15-12-27(13-16-30)36(44)39-31-21-28(35(43)38-19-18-25-8-5-4-6-9-25)14-17-33(31)40-22-26-20-29(24-40)32-10-7-11-34(42)41(32)23-26/h7-8,10-17,21,26,29H,4-6,9,18-20,22-24H2,1-3H3,(H,38,43)(H,39,44)/t26-,29+/m1/s1. The first-order valence-electron chi connectivity index (χ1n) is 16.1. The Hall–Kier alpha value is -4.13. The molecule has 1 saturated heterocycles. The molecule has 1 aromatic heterocycles. The predicted octanol–water partition coefficient (Wildman–Crippen LogP) is 6.64. The number of hydrogen-bond donors (Lipinski definition) is 2. The van der Waals surface area contributed by atoms with Crippen LogP contribution in [0.5, 0.6) is 0 Å². The first-order chi connectivity index (χ1) is 21.2. The van der Waals surface area contributed by atoms with Crippen LogP contribution in [0.4, 0.5) is 11.4 Å². The Morgan fingerprint density at radius 1 is 0.909 bits per heavy atom. The lowest BCUT2D eigenvalue weighted by atomic mass is 9.83. The molecule has 0 radical (unpaired) electrons. The normalized spacial score (nSPS) is 19.5. The van der Waals surface area contributed by atoms with Crippen molar-refractivity contribution in [2.75, 3.05) is 29.9 Å². The second-order valence-corrected chi connectivity index (χ2v) is 13.7. The van der Waals surface area contributed by atoms with Crippen molar-refractivity contribution in [3.8, 4) is 0 Å². The van der Waals surface area contributed by atoms with E-state index in [1.54, 1.807) is 6.07 Å². The third-order valence-electron chi connectivity index (χ3n) is 9.46. The molecule has 44 heavy (non-hydrogen) atoms. The van der Waals surface area contributed by atoms with Crippen molar-refractivity contribution in [2.45, 2.75) is 77.2 Å². The van der Waals surface area contributed by atoms with Crippen LogP contribution in [0, 0.1) is 5.92 Å². The lowest BCUT2D eigenvalue weighted by Crippen LogP contribution is -2.47. The lowest BCUT2D eigenvalue weighted by molar-refractivity contribution is 0.0952. The summed E-state index contributed by atoms with van der Waals surface area (Å²) in [5.74, 6) is 0.207. The number of carbonyl (C=O) groups excluding carboxylic acids is 2. The van der Waals surface area contributed by atoms with Crippen molar-refractivity contribution < 1.29 is 9.59 Å². The number of carbonyl (C=O) groups is 2. The van der Waals surface area contributed by atoms with E-state index < -0.39 is 0 Å². The Kier molecular flexibility index (Phi) is 8.48. The van der Waals surface area contributed by atoms with Crippen LogP contribution in [0.2, 0.25) is 0 Å². The summed E-state index contributed by atoms with van der Waals surface area (Å²) in [7, 11) is 0. The van der Waals surface area contributed by atoms with E-state index >= 15 is 0 Å². The van der Waals surface area contributed by atoms with Crippen LogP contribution in [-0.2, 0) is 12.0 Å². The smallest absolute Gasteiger partial charge is 0.255 e. The summed E-state index contributed by atoms with van der Waals surface area (Å²) >= 11 is 0. The third kappa shape index (κ3) is 6.52. The highest BCUT2D eigenvalue weighted by atomic mass is 16.2. The molecule has 2 bridgehead atoms. The summed E-state index contributed by atoms with van der Waals surface area (Å²) in [4.78, 5) is 41.7. The number of fused-ring (bicyclic) bond motifs is 4. The minimum absolute atomic E-state index is 0.00647. The van der Waals surface area contributed by atoms with E-state index in [-0.39, 0.29) is 28.7 Å². The summed E-state index contributed by atoms with van der Waals surface area (Å²) in [6, 6.07) is 18.9. The molecule has 0 spiro atoms. The maximum absolute atomic E-state index is 13.6. The highest BCUT2D eigenvalue weighted by molar-refractivity contribution is 6.07. The summed E-state index contributed by atoms with van der Waals surface area (Å²) in [5.41, 5.74) is 6.35. The molecule has 2 N–H and O–H groups in total. The fourth-order valence-corrected chi connectivity index (χ4v) is 7.03. The molecule has 1 fully saturated rings. The Balaban J connectivity index is 1.25. The minimum atomic E-state index is -0.206. The van der Waals surface area contributed by atoms with Gasteiger partial charge in [0.15, 0.2) is 0 Å².